The topological polar surface area (TPSA) is 35.5 Å². The summed E-state index contributed by atoms with van der Waals surface area (Å²) < 4.78 is 22.8. The summed E-state index contributed by atoms with van der Waals surface area (Å²) in [6, 6.07) is 12.1. The Hall–Kier alpha value is -1.15. The third kappa shape index (κ3) is 1.81. The lowest BCUT2D eigenvalue weighted by Crippen LogP contribution is -1.92. The van der Waals surface area contributed by atoms with Gasteiger partial charge in [-0.05, 0) is 21.9 Å². The van der Waals surface area contributed by atoms with E-state index in [1.807, 2.05) is 24.3 Å². The highest BCUT2D eigenvalue weighted by Crippen LogP contribution is 2.54. The van der Waals surface area contributed by atoms with Crippen LogP contribution >= 0.6 is 7.60 Å². The first kappa shape index (κ1) is 11.0. The predicted octanol–water partition coefficient (Wildman–Crippen LogP) is 3.71. The van der Waals surface area contributed by atoms with Gasteiger partial charge in [-0.2, -0.15) is 0 Å². The first-order valence-electron chi connectivity index (χ1n) is 5.51. The fraction of sp³-hybridized carbons (Fsp3) is 0.231. The van der Waals surface area contributed by atoms with Crippen LogP contribution in [-0.4, -0.2) is 7.11 Å². The van der Waals surface area contributed by atoms with E-state index in [1.54, 1.807) is 0 Å². The van der Waals surface area contributed by atoms with E-state index in [0.717, 1.165) is 21.9 Å². The second-order valence-corrected chi connectivity index (χ2v) is 6.32. The van der Waals surface area contributed by atoms with Crippen LogP contribution < -0.4 is 0 Å². The smallest absolute Gasteiger partial charge is 0.312 e. The zero-order valence-electron chi connectivity index (χ0n) is 9.55. The number of rotatable bonds is 1. The van der Waals surface area contributed by atoms with Gasteiger partial charge in [-0.25, -0.2) is 0 Å². The Labute approximate surface area is 99.9 Å². The predicted molar refractivity (Wildman–Crippen MR) is 67.1 cm³/mol. The maximum absolute atomic E-state index is 12.3. The third-order valence-corrected chi connectivity index (χ3v) is 4.94. The second-order valence-electron chi connectivity index (χ2n) is 4.16. The molecule has 0 spiro atoms. The SMILES string of the molecule is COP1(=O)Cc2cccc3cccc(c23)CO1. The Morgan fingerprint density at radius 1 is 1.18 bits per heavy atom. The van der Waals surface area contributed by atoms with Crippen LogP contribution in [0, 0.1) is 0 Å². The molecule has 1 unspecified atom stereocenters. The fourth-order valence-corrected chi connectivity index (χ4v) is 3.64. The van der Waals surface area contributed by atoms with E-state index in [0.29, 0.717) is 12.8 Å². The van der Waals surface area contributed by atoms with Crippen molar-refractivity contribution in [1.29, 1.82) is 0 Å². The molecule has 0 bridgehead atoms. The average Bonchev–Trinajstić information content (AvgIpc) is 2.50. The van der Waals surface area contributed by atoms with Gasteiger partial charge in [0, 0.05) is 7.11 Å². The van der Waals surface area contributed by atoms with E-state index in [2.05, 4.69) is 12.1 Å². The molecule has 17 heavy (non-hydrogen) atoms. The van der Waals surface area contributed by atoms with Crippen molar-refractivity contribution in [1.82, 2.24) is 0 Å². The molecule has 0 N–H and O–H groups in total. The van der Waals surface area contributed by atoms with Gasteiger partial charge in [0.15, 0.2) is 0 Å². The molecule has 88 valence electrons. The molecule has 0 saturated carbocycles. The minimum Gasteiger partial charge on any atom is -0.312 e. The van der Waals surface area contributed by atoms with Gasteiger partial charge in [0.1, 0.15) is 0 Å². The van der Waals surface area contributed by atoms with Crippen LogP contribution in [0.2, 0.25) is 0 Å². The van der Waals surface area contributed by atoms with Crippen molar-refractivity contribution in [3.8, 4) is 0 Å². The van der Waals surface area contributed by atoms with Crippen molar-refractivity contribution >= 4 is 18.4 Å². The molecule has 0 aliphatic carbocycles. The minimum atomic E-state index is -2.98. The monoisotopic (exact) mass is 248 g/mol. The van der Waals surface area contributed by atoms with Gasteiger partial charge in [-0.3, -0.25) is 4.57 Å². The molecule has 4 heteroatoms. The molecule has 3 nitrogen and oxygen atoms in total. The summed E-state index contributed by atoms with van der Waals surface area (Å²) in [4.78, 5) is 0. The quantitative estimate of drug-likeness (QED) is 0.721. The first-order chi connectivity index (χ1) is 8.22. The van der Waals surface area contributed by atoms with Crippen molar-refractivity contribution in [2.75, 3.05) is 7.11 Å². The van der Waals surface area contributed by atoms with Crippen molar-refractivity contribution in [2.24, 2.45) is 0 Å². The summed E-state index contributed by atoms with van der Waals surface area (Å²) in [6.07, 6.45) is 0.345. The summed E-state index contributed by atoms with van der Waals surface area (Å²) in [5.41, 5.74) is 2.12. The average molecular weight is 248 g/mol. The van der Waals surface area contributed by atoms with E-state index < -0.39 is 7.60 Å². The first-order valence-corrected chi connectivity index (χ1v) is 7.23. The van der Waals surface area contributed by atoms with Crippen LogP contribution in [0.15, 0.2) is 36.4 Å². The van der Waals surface area contributed by atoms with Crippen LogP contribution in [0.1, 0.15) is 11.1 Å². The highest BCUT2D eigenvalue weighted by Gasteiger charge is 2.28. The molecule has 1 aliphatic rings. The molecular formula is C13H13O3P. The summed E-state index contributed by atoms with van der Waals surface area (Å²) in [6.45, 7) is 0.347. The van der Waals surface area contributed by atoms with Crippen molar-refractivity contribution in [3.05, 3.63) is 47.5 Å². The maximum atomic E-state index is 12.3. The van der Waals surface area contributed by atoms with Gasteiger partial charge in [0.25, 0.3) is 0 Å². The Bertz CT molecular complexity index is 616. The number of benzene rings is 2. The highest BCUT2D eigenvalue weighted by molar-refractivity contribution is 7.53. The van der Waals surface area contributed by atoms with E-state index >= 15 is 0 Å². The lowest BCUT2D eigenvalue weighted by Gasteiger charge is -2.13. The maximum Gasteiger partial charge on any atom is 0.335 e. The molecule has 1 atom stereocenters. The molecule has 0 aromatic heterocycles. The van der Waals surface area contributed by atoms with Gasteiger partial charge in [0.2, 0.25) is 0 Å². The number of hydrogen-bond donors (Lipinski definition) is 0. The Balaban J connectivity index is 2.27. The van der Waals surface area contributed by atoms with Crippen molar-refractivity contribution < 1.29 is 13.6 Å². The molecule has 2 aromatic rings. The fourth-order valence-electron chi connectivity index (χ4n) is 2.29. The Kier molecular flexibility index (Phi) is 2.55. The summed E-state index contributed by atoms with van der Waals surface area (Å²) in [5, 5.41) is 2.32. The number of hydrogen-bond acceptors (Lipinski definition) is 3. The van der Waals surface area contributed by atoms with Gasteiger partial charge in [-0.1, -0.05) is 36.4 Å². The van der Waals surface area contributed by atoms with Gasteiger partial charge < -0.3 is 9.05 Å². The summed E-state index contributed by atoms with van der Waals surface area (Å²) in [5.74, 6) is 0. The van der Waals surface area contributed by atoms with E-state index in [-0.39, 0.29) is 0 Å². The van der Waals surface area contributed by atoms with E-state index in [4.69, 9.17) is 9.05 Å². The molecule has 0 amide bonds. The standard InChI is InChI=1S/C13H13O3P/c1-15-17(14)9-12-7-3-5-10-4-2-6-11(8-16-17)13(10)12/h2-7H,8-9H2,1H3. The van der Waals surface area contributed by atoms with Crippen LogP contribution in [0.3, 0.4) is 0 Å². The van der Waals surface area contributed by atoms with Crippen molar-refractivity contribution in [2.45, 2.75) is 12.8 Å². The molecule has 0 radical (unpaired) electrons. The molecule has 1 heterocycles. The molecular weight excluding hydrogens is 235 g/mol. The van der Waals surface area contributed by atoms with Crippen LogP contribution in [0.4, 0.5) is 0 Å². The lowest BCUT2D eigenvalue weighted by molar-refractivity contribution is 0.227. The highest BCUT2D eigenvalue weighted by atomic mass is 31.2. The van der Waals surface area contributed by atoms with E-state index in [9.17, 15) is 4.57 Å². The zero-order chi connectivity index (χ0) is 11.9. The summed E-state index contributed by atoms with van der Waals surface area (Å²) in [7, 11) is -1.54. The molecule has 2 aromatic carbocycles. The van der Waals surface area contributed by atoms with Crippen LogP contribution in [-0.2, 0) is 26.4 Å². The molecule has 1 aliphatic heterocycles. The van der Waals surface area contributed by atoms with E-state index in [1.165, 1.54) is 7.11 Å². The molecule has 0 saturated heterocycles. The van der Waals surface area contributed by atoms with Gasteiger partial charge in [0.05, 0.1) is 12.8 Å². The molecule has 0 fully saturated rings. The lowest BCUT2D eigenvalue weighted by atomic mass is 10.0. The Morgan fingerprint density at radius 3 is 2.59 bits per heavy atom. The largest absolute Gasteiger partial charge is 0.335 e. The minimum absolute atomic E-state index is 0.345. The third-order valence-electron chi connectivity index (χ3n) is 3.14. The van der Waals surface area contributed by atoms with Crippen molar-refractivity contribution in [3.63, 3.8) is 0 Å². The Morgan fingerprint density at radius 2 is 1.88 bits per heavy atom. The van der Waals surface area contributed by atoms with Gasteiger partial charge in [-0.15, -0.1) is 0 Å². The second kappa shape index (κ2) is 3.95. The van der Waals surface area contributed by atoms with Crippen LogP contribution in [0.25, 0.3) is 10.8 Å². The normalized spacial score (nSPS) is 23.6. The zero-order valence-corrected chi connectivity index (χ0v) is 10.4. The van der Waals surface area contributed by atoms with Crippen LogP contribution in [0.5, 0.6) is 0 Å². The molecule has 3 rings (SSSR count). The summed E-state index contributed by atoms with van der Waals surface area (Å²) >= 11 is 0. The van der Waals surface area contributed by atoms with Gasteiger partial charge >= 0.3 is 7.60 Å².